The van der Waals surface area contributed by atoms with Gasteiger partial charge in [0.2, 0.25) is 0 Å². The molecule has 0 aliphatic heterocycles. The Morgan fingerprint density at radius 3 is 2.69 bits per heavy atom. The van der Waals surface area contributed by atoms with Crippen molar-refractivity contribution in [3.05, 3.63) is 28.2 Å². The molecule has 0 unspecified atom stereocenters. The number of hydrogen-bond acceptors (Lipinski definition) is 1. The number of hydrogen-bond donors (Lipinski definition) is 0. The Morgan fingerprint density at radius 2 is 2.15 bits per heavy atom. The van der Waals surface area contributed by atoms with Crippen LogP contribution in [0.25, 0.3) is 0 Å². The first kappa shape index (κ1) is 10.7. The molecular formula is C8H6BrClF2O. The lowest BCUT2D eigenvalue weighted by atomic mass is 10.2. The molecule has 0 atom stereocenters. The van der Waals surface area contributed by atoms with E-state index in [4.69, 9.17) is 11.6 Å². The van der Waals surface area contributed by atoms with E-state index in [0.29, 0.717) is 5.56 Å². The van der Waals surface area contributed by atoms with Crippen LogP contribution in [0.1, 0.15) is 5.56 Å². The second-order valence-electron chi connectivity index (χ2n) is 2.26. The van der Waals surface area contributed by atoms with Crippen molar-refractivity contribution in [3.63, 3.8) is 0 Å². The van der Waals surface area contributed by atoms with Crippen LogP contribution >= 0.6 is 27.5 Å². The first-order chi connectivity index (χ1) is 6.13. The van der Waals surface area contributed by atoms with E-state index >= 15 is 0 Å². The zero-order valence-electron chi connectivity index (χ0n) is 6.44. The quantitative estimate of drug-likeness (QED) is 0.760. The van der Waals surface area contributed by atoms with Crippen LogP contribution in [-0.4, -0.2) is 6.61 Å². The van der Waals surface area contributed by atoms with Gasteiger partial charge in [0.25, 0.3) is 0 Å². The number of ether oxygens (including phenoxy) is 1. The Balaban J connectivity index is 2.92. The van der Waals surface area contributed by atoms with E-state index in [1.54, 1.807) is 12.1 Å². The van der Waals surface area contributed by atoms with Gasteiger partial charge in [0.05, 0.1) is 5.88 Å². The molecule has 0 radical (unpaired) electrons. The molecule has 0 N–H and O–H groups in total. The summed E-state index contributed by atoms with van der Waals surface area (Å²) in [5.74, 6) is 0.259. The van der Waals surface area contributed by atoms with Gasteiger partial charge in [-0.1, -0.05) is 15.9 Å². The van der Waals surface area contributed by atoms with E-state index < -0.39 is 6.61 Å². The molecule has 0 saturated carbocycles. The Labute approximate surface area is 87.8 Å². The zero-order chi connectivity index (χ0) is 9.84. The summed E-state index contributed by atoms with van der Waals surface area (Å²) in [6.07, 6.45) is 0. The highest BCUT2D eigenvalue weighted by Crippen LogP contribution is 2.25. The molecule has 72 valence electrons. The van der Waals surface area contributed by atoms with Crippen molar-refractivity contribution < 1.29 is 13.5 Å². The smallest absolute Gasteiger partial charge is 0.387 e. The molecule has 0 heterocycles. The first-order valence-corrected chi connectivity index (χ1v) is 4.75. The van der Waals surface area contributed by atoms with Crippen molar-refractivity contribution in [1.82, 2.24) is 0 Å². The molecule has 0 aliphatic rings. The Morgan fingerprint density at radius 1 is 1.46 bits per heavy atom. The number of alkyl halides is 3. The summed E-state index contributed by atoms with van der Waals surface area (Å²) < 4.78 is 28.8. The van der Waals surface area contributed by atoms with Gasteiger partial charge in [-0.05, 0) is 18.2 Å². The highest BCUT2D eigenvalue weighted by Gasteiger charge is 2.08. The van der Waals surface area contributed by atoms with Crippen LogP contribution in [-0.2, 0) is 5.88 Å². The molecule has 0 saturated heterocycles. The SMILES string of the molecule is FC(F)Oc1ccc(Br)cc1CCl. The average molecular weight is 271 g/mol. The Hall–Kier alpha value is -0.350. The third kappa shape index (κ3) is 3.12. The van der Waals surface area contributed by atoms with Crippen molar-refractivity contribution >= 4 is 27.5 Å². The predicted molar refractivity (Wildman–Crippen MR) is 50.3 cm³/mol. The third-order valence-electron chi connectivity index (χ3n) is 1.38. The maximum atomic E-state index is 11.9. The van der Waals surface area contributed by atoms with Gasteiger partial charge in [0.1, 0.15) is 5.75 Å². The maximum absolute atomic E-state index is 11.9. The molecule has 1 rings (SSSR count). The van der Waals surface area contributed by atoms with Crippen LogP contribution in [0.4, 0.5) is 8.78 Å². The lowest BCUT2D eigenvalue weighted by Crippen LogP contribution is -2.03. The van der Waals surface area contributed by atoms with Crippen LogP contribution in [0.15, 0.2) is 22.7 Å². The standard InChI is InChI=1S/C8H6BrClF2O/c9-6-1-2-7(13-8(11)12)5(3-6)4-10/h1-3,8H,4H2. The fourth-order valence-corrected chi connectivity index (χ4v) is 1.48. The number of halogens is 4. The molecule has 13 heavy (non-hydrogen) atoms. The summed E-state index contributed by atoms with van der Waals surface area (Å²) in [4.78, 5) is 0. The minimum atomic E-state index is -2.82. The van der Waals surface area contributed by atoms with Crippen LogP contribution in [0.3, 0.4) is 0 Å². The molecule has 1 aromatic rings. The molecule has 5 heteroatoms. The van der Waals surface area contributed by atoms with E-state index in [0.717, 1.165) is 4.47 Å². The highest BCUT2D eigenvalue weighted by molar-refractivity contribution is 9.10. The molecule has 0 spiro atoms. The summed E-state index contributed by atoms with van der Waals surface area (Å²) in [6, 6.07) is 4.71. The first-order valence-electron chi connectivity index (χ1n) is 3.42. The topological polar surface area (TPSA) is 9.23 Å². The Bertz CT molecular complexity index is 293. The fraction of sp³-hybridized carbons (Fsp3) is 0.250. The van der Waals surface area contributed by atoms with E-state index in [-0.39, 0.29) is 11.6 Å². The highest BCUT2D eigenvalue weighted by atomic mass is 79.9. The second kappa shape index (κ2) is 4.77. The van der Waals surface area contributed by atoms with Crippen LogP contribution in [0.5, 0.6) is 5.75 Å². The van der Waals surface area contributed by atoms with Crippen molar-refractivity contribution in [3.8, 4) is 5.75 Å². The minimum Gasteiger partial charge on any atom is -0.435 e. The lowest BCUT2D eigenvalue weighted by Gasteiger charge is -2.08. The van der Waals surface area contributed by atoms with Gasteiger partial charge in [0.15, 0.2) is 0 Å². The van der Waals surface area contributed by atoms with Crippen LogP contribution in [0, 0.1) is 0 Å². The molecule has 0 fully saturated rings. The van der Waals surface area contributed by atoms with Crippen LogP contribution < -0.4 is 4.74 Å². The number of rotatable bonds is 3. The Kier molecular flexibility index (Phi) is 3.93. The van der Waals surface area contributed by atoms with Gasteiger partial charge in [-0.25, -0.2) is 0 Å². The van der Waals surface area contributed by atoms with Gasteiger partial charge >= 0.3 is 6.61 Å². The van der Waals surface area contributed by atoms with Crippen molar-refractivity contribution in [2.75, 3.05) is 0 Å². The molecule has 1 aromatic carbocycles. The monoisotopic (exact) mass is 270 g/mol. The van der Waals surface area contributed by atoms with E-state index in [9.17, 15) is 8.78 Å². The predicted octanol–water partition coefficient (Wildman–Crippen LogP) is 3.79. The summed E-state index contributed by atoms with van der Waals surface area (Å²) in [5, 5.41) is 0. The molecule has 0 aromatic heterocycles. The van der Waals surface area contributed by atoms with Crippen molar-refractivity contribution in [1.29, 1.82) is 0 Å². The minimum absolute atomic E-state index is 0.119. The molecule has 0 bridgehead atoms. The van der Waals surface area contributed by atoms with Gasteiger partial charge < -0.3 is 4.74 Å². The third-order valence-corrected chi connectivity index (χ3v) is 2.16. The normalized spacial score (nSPS) is 10.5. The van der Waals surface area contributed by atoms with E-state index in [1.807, 2.05) is 0 Å². The largest absolute Gasteiger partial charge is 0.435 e. The maximum Gasteiger partial charge on any atom is 0.387 e. The second-order valence-corrected chi connectivity index (χ2v) is 3.45. The lowest BCUT2D eigenvalue weighted by molar-refractivity contribution is -0.0503. The molecule has 0 amide bonds. The molecule has 1 nitrogen and oxygen atoms in total. The van der Waals surface area contributed by atoms with Gasteiger partial charge in [0, 0.05) is 10.0 Å². The summed E-state index contributed by atoms with van der Waals surface area (Å²) >= 11 is 8.74. The molecule has 0 aliphatic carbocycles. The van der Waals surface area contributed by atoms with Gasteiger partial charge in [-0.15, -0.1) is 11.6 Å². The summed E-state index contributed by atoms with van der Waals surface area (Å²) in [6.45, 7) is -2.82. The molecular weight excluding hydrogens is 265 g/mol. The fourth-order valence-electron chi connectivity index (χ4n) is 0.863. The van der Waals surface area contributed by atoms with Crippen LogP contribution in [0.2, 0.25) is 0 Å². The van der Waals surface area contributed by atoms with Gasteiger partial charge in [-0.3, -0.25) is 0 Å². The average Bonchev–Trinajstić information content (AvgIpc) is 2.07. The zero-order valence-corrected chi connectivity index (χ0v) is 8.78. The number of benzene rings is 1. The summed E-state index contributed by atoms with van der Waals surface area (Å²) in [5.41, 5.74) is 0.538. The van der Waals surface area contributed by atoms with E-state index in [2.05, 4.69) is 20.7 Å². The van der Waals surface area contributed by atoms with Crippen molar-refractivity contribution in [2.24, 2.45) is 0 Å². The van der Waals surface area contributed by atoms with E-state index in [1.165, 1.54) is 6.07 Å². The van der Waals surface area contributed by atoms with Crippen molar-refractivity contribution in [2.45, 2.75) is 12.5 Å². The summed E-state index contributed by atoms with van der Waals surface area (Å²) in [7, 11) is 0. The van der Waals surface area contributed by atoms with Gasteiger partial charge in [-0.2, -0.15) is 8.78 Å².